The van der Waals surface area contributed by atoms with Gasteiger partial charge < -0.3 is 24.6 Å². The molecule has 1 aliphatic heterocycles. The number of nitrogens with one attached hydrogen (secondary N) is 1. The first-order chi connectivity index (χ1) is 22.1. The molecule has 2 atom stereocenters. The van der Waals surface area contributed by atoms with Crippen LogP contribution >= 0.6 is 0 Å². The summed E-state index contributed by atoms with van der Waals surface area (Å²) < 4.78 is 17.5. The highest BCUT2D eigenvalue weighted by atomic mass is 16.5. The molecule has 45 heavy (non-hydrogen) atoms. The summed E-state index contributed by atoms with van der Waals surface area (Å²) in [5, 5.41) is 16.1. The van der Waals surface area contributed by atoms with Crippen LogP contribution in [-0.4, -0.2) is 49.3 Å². The van der Waals surface area contributed by atoms with Gasteiger partial charge in [0.1, 0.15) is 11.5 Å². The smallest absolute Gasteiger partial charge is 0.252 e. The topological polar surface area (TPSA) is 138 Å². The zero-order valence-corrected chi connectivity index (χ0v) is 25.0. The predicted molar refractivity (Wildman–Crippen MR) is 172 cm³/mol. The molecule has 0 saturated heterocycles. The maximum absolute atomic E-state index is 14.4. The van der Waals surface area contributed by atoms with Crippen LogP contribution in [0.5, 0.6) is 11.5 Å². The number of aliphatic imine (C=N–C) groups is 1. The molecule has 0 aromatic heterocycles. The zero-order valence-electron chi connectivity index (χ0n) is 25.0. The fraction of sp³-hybridized carbons (Fsp3) is 0.257. The molecule has 0 bridgehead atoms. The minimum absolute atomic E-state index is 0.0487. The molecule has 5 rings (SSSR count). The van der Waals surface area contributed by atoms with Crippen molar-refractivity contribution in [1.29, 1.82) is 0 Å². The molecule has 10 nitrogen and oxygen atoms in total. The van der Waals surface area contributed by atoms with Gasteiger partial charge >= 0.3 is 0 Å². The van der Waals surface area contributed by atoms with Gasteiger partial charge in [-0.15, -0.1) is 0 Å². The first kappa shape index (κ1) is 31.1. The number of nitrogens with zero attached hydrogens (tertiary/aromatic N) is 4. The summed E-state index contributed by atoms with van der Waals surface area (Å²) in [4.78, 5) is 22.5. The SMILES string of the molecule is COc1ccc(CCNC(=O)[C@]2(Cc3ccccc3)N=C(c3ccc(OCCCO)cc3)O[C@@H]2c2ccccc2N=[N+]=[N-])cc1. The van der Waals surface area contributed by atoms with Gasteiger partial charge in [0, 0.05) is 47.7 Å². The van der Waals surface area contributed by atoms with Crippen LogP contribution in [0.3, 0.4) is 0 Å². The third-order valence-corrected chi connectivity index (χ3v) is 7.58. The number of methoxy groups -OCH3 is 1. The largest absolute Gasteiger partial charge is 0.497 e. The highest BCUT2D eigenvalue weighted by molar-refractivity contribution is 6.01. The average molecular weight is 606 g/mol. The van der Waals surface area contributed by atoms with E-state index < -0.39 is 11.6 Å². The number of rotatable bonds is 14. The first-order valence-corrected chi connectivity index (χ1v) is 14.8. The average Bonchev–Trinajstić information content (AvgIpc) is 3.46. The summed E-state index contributed by atoms with van der Waals surface area (Å²) in [5.74, 6) is 1.39. The molecule has 230 valence electrons. The number of azide groups is 1. The maximum Gasteiger partial charge on any atom is 0.252 e. The van der Waals surface area contributed by atoms with Crippen LogP contribution in [0.25, 0.3) is 10.4 Å². The van der Waals surface area contributed by atoms with E-state index in [-0.39, 0.29) is 18.9 Å². The van der Waals surface area contributed by atoms with Gasteiger partial charge in [0.05, 0.1) is 13.7 Å². The number of hydrogen-bond donors (Lipinski definition) is 2. The fourth-order valence-electron chi connectivity index (χ4n) is 5.28. The van der Waals surface area contributed by atoms with E-state index in [0.717, 1.165) is 16.9 Å². The standard InChI is InChI=1S/C35H35N5O5/c1-43-28-16-12-25(13-17-28)20-21-37-34(42)35(24-26-8-3-2-4-9-26)32(30-10-5-6-11-31(30)39-40-36)45-33(38-35)27-14-18-29(19-15-27)44-23-7-22-41/h2-6,8-19,32,41H,7,20-24H2,1H3,(H,37,42)/t32-,35-/m1/s1. The van der Waals surface area contributed by atoms with Crippen molar-refractivity contribution >= 4 is 17.5 Å². The normalized spacial score (nSPS) is 17.0. The Morgan fingerprint density at radius 2 is 1.69 bits per heavy atom. The van der Waals surface area contributed by atoms with Crippen LogP contribution in [-0.2, 0) is 22.4 Å². The van der Waals surface area contributed by atoms with Crippen LogP contribution in [0.15, 0.2) is 113 Å². The number of aliphatic hydroxyl groups excluding tert-OH is 1. The van der Waals surface area contributed by atoms with Crippen LogP contribution < -0.4 is 14.8 Å². The molecule has 10 heteroatoms. The number of ether oxygens (including phenoxy) is 3. The second-order valence-electron chi connectivity index (χ2n) is 10.6. The summed E-state index contributed by atoms with van der Waals surface area (Å²) in [6.07, 6.45) is 0.477. The van der Waals surface area contributed by atoms with E-state index in [2.05, 4.69) is 15.3 Å². The van der Waals surface area contributed by atoms with E-state index in [1.807, 2.05) is 72.8 Å². The van der Waals surface area contributed by atoms with Gasteiger partial charge in [0.15, 0.2) is 11.6 Å². The molecular formula is C35H35N5O5. The predicted octanol–water partition coefficient (Wildman–Crippen LogP) is 6.26. The van der Waals surface area contributed by atoms with Crippen molar-refractivity contribution in [3.05, 3.63) is 136 Å². The molecule has 1 heterocycles. The summed E-state index contributed by atoms with van der Waals surface area (Å²) in [7, 11) is 1.62. The first-order valence-electron chi connectivity index (χ1n) is 14.8. The van der Waals surface area contributed by atoms with Crippen molar-refractivity contribution in [3.63, 3.8) is 0 Å². The van der Waals surface area contributed by atoms with E-state index in [4.69, 9.17) is 24.3 Å². The fourth-order valence-corrected chi connectivity index (χ4v) is 5.28. The van der Waals surface area contributed by atoms with E-state index in [9.17, 15) is 10.3 Å². The number of amides is 1. The molecule has 0 saturated carbocycles. The van der Waals surface area contributed by atoms with Crippen molar-refractivity contribution in [3.8, 4) is 11.5 Å². The summed E-state index contributed by atoms with van der Waals surface area (Å²) >= 11 is 0. The Hall–Kier alpha value is -5.31. The zero-order chi connectivity index (χ0) is 31.5. The molecule has 4 aromatic rings. The van der Waals surface area contributed by atoms with Gasteiger partial charge in [0.2, 0.25) is 5.90 Å². The van der Waals surface area contributed by atoms with Gasteiger partial charge in [-0.3, -0.25) is 4.79 Å². The minimum atomic E-state index is -1.42. The van der Waals surface area contributed by atoms with Gasteiger partial charge in [-0.1, -0.05) is 71.8 Å². The third kappa shape index (κ3) is 7.44. The van der Waals surface area contributed by atoms with Crippen molar-refractivity contribution in [2.75, 3.05) is 26.9 Å². The van der Waals surface area contributed by atoms with Crippen molar-refractivity contribution in [2.45, 2.75) is 30.9 Å². The summed E-state index contributed by atoms with van der Waals surface area (Å²) in [6.45, 7) is 0.812. The summed E-state index contributed by atoms with van der Waals surface area (Å²) in [6, 6.07) is 31.7. The Labute approximate surface area is 261 Å². The lowest BCUT2D eigenvalue weighted by Crippen LogP contribution is -2.50. The number of carbonyl (C=O) groups is 1. The lowest BCUT2D eigenvalue weighted by molar-refractivity contribution is -0.128. The van der Waals surface area contributed by atoms with Gasteiger partial charge in [-0.05, 0) is 59.5 Å². The molecule has 1 amide bonds. The number of aliphatic hydroxyl groups is 1. The molecule has 0 fully saturated rings. The molecule has 0 spiro atoms. The Balaban J connectivity index is 1.53. The van der Waals surface area contributed by atoms with Gasteiger partial charge in [0.25, 0.3) is 5.91 Å². The highest BCUT2D eigenvalue weighted by Gasteiger charge is 2.53. The number of benzene rings is 4. The summed E-state index contributed by atoms with van der Waals surface area (Å²) in [5.41, 5.74) is 11.4. The van der Waals surface area contributed by atoms with E-state index in [0.29, 0.717) is 54.5 Å². The molecule has 2 N–H and O–H groups in total. The number of carbonyl (C=O) groups excluding carboxylic acids is 1. The van der Waals surface area contributed by atoms with E-state index >= 15 is 0 Å². The molecule has 0 radical (unpaired) electrons. The van der Waals surface area contributed by atoms with E-state index in [1.165, 1.54) is 0 Å². The van der Waals surface area contributed by atoms with Gasteiger partial charge in [-0.2, -0.15) is 0 Å². The number of hydrogen-bond acceptors (Lipinski definition) is 7. The monoisotopic (exact) mass is 605 g/mol. The second kappa shape index (κ2) is 14.9. The molecular weight excluding hydrogens is 570 g/mol. The van der Waals surface area contributed by atoms with Crippen molar-refractivity contribution in [2.24, 2.45) is 10.1 Å². The van der Waals surface area contributed by atoms with Crippen LogP contribution in [0, 0.1) is 0 Å². The minimum Gasteiger partial charge on any atom is -0.497 e. The third-order valence-electron chi connectivity index (χ3n) is 7.58. The Kier molecular flexibility index (Phi) is 10.3. The molecule has 0 unspecified atom stereocenters. The van der Waals surface area contributed by atoms with Crippen molar-refractivity contribution < 1.29 is 24.1 Å². The van der Waals surface area contributed by atoms with Crippen LogP contribution in [0.1, 0.15) is 34.8 Å². The maximum atomic E-state index is 14.4. The molecule has 4 aromatic carbocycles. The lowest BCUT2D eigenvalue weighted by atomic mass is 9.81. The quantitative estimate of drug-likeness (QED) is 0.0757. The lowest BCUT2D eigenvalue weighted by Gasteiger charge is -2.31. The Morgan fingerprint density at radius 1 is 0.978 bits per heavy atom. The highest BCUT2D eigenvalue weighted by Crippen LogP contribution is 2.45. The van der Waals surface area contributed by atoms with Gasteiger partial charge in [-0.25, -0.2) is 4.99 Å². The molecule has 1 aliphatic rings. The van der Waals surface area contributed by atoms with Crippen LogP contribution in [0.4, 0.5) is 5.69 Å². The van der Waals surface area contributed by atoms with Crippen LogP contribution in [0.2, 0.25) is 0 Å². The Morgan fingerprint density at radius 3 is 2.40 bits per heavy atom. The van der Waals surface area contributed by atoms with Crippen molar-refractivity contribution in [1.82, 2.24) is 5.32 Å². The van der Waals surface area contributed by atoms with E-state index in [1.54, 1.807) is 37.4 Å². The Bertz CT molecular complexity index is 1650. The molecule has 0 aliphatic carbocycles. The second-order valence-corrected chi connectivity index (χ2v) is 10.6.